The normalized spacial score (nSPS) is 11.0. The molecule has 0 amide bonds. The van der Waals surface area contributed by atoms with Crippen molar-refractivity contribution in [3.8, 4) is 11.5 Å². The Kier molecular flexibility index (Phi) is 6.28. The van der Waals surface area contributed by atoms with Gasteiger partial charge in [-0.15, -0.1) is 11.8 Å². The zero-order chi connectivity index (χ0) is 13.4. The van der Waals surface area contributed by atoms with Crippen LogP contribution in [0.2, 0.25) is 0 Å². The van der Waals surface area contributed by atoms with E-state index in [9.17, 15) is 0 Å². The molecule has 1 rings (SSSR count). The first-order valence-electron chi connectivity index (χ1n) is 5.60. The predicted molar refractivity (Wildman–Crippen MR) is 77.0 cm³/mol. The van der Waals surface area contributed by atoms with Crippen LogP contribution in [0.5, 0.6) is 11.5 Å². The van der Waals surface area contributed by atoms with E-state index in [1.165, 1.54) is 0 Å². The van der Waals surface area contributed by atoms with Gasteiger partial charge in [0.15, 0.2) is 0 Å². The summed E-state index contributed by atoms with van der Waals surface area (Å²) in [7, 11) is 5.20. The van der Waals surface area contributed by atoms with Crippen molar-refractivity contribution >= 4 is 11.8 Å². The molecule has 0 aromatic heterocycles. The molecule has 0 aliphatic heterocycles. The smallest absolute Gasteiger partial charge is 0.127 e. The Morgan fingerprint density at radius 3 is 2.67 bits per heavy atom. The number of hydrogen-bond donors (Lipinski definition) is 2. The lowest BCUT2D eigenvalue weighted by Gasteiger charge is -2.13. The number of thioether (sulfide) groups is 1. The van der Waals surface area contributed by atoms with Crippen molar-refractivity contribution in [2.24, 2.45) is 0 Å². The highest BCUT2D eigenvalue weighted by Crippen LogP contribution is 2.24. The van der Waals surface area contributed by atoms with E-state index in [0.717, 1.165) is 22.9 Å². The maximum absolute atomic E-state index is 5.35. The second-order valence-corrected chi connectivity index (χ2v) is 4.26. The van der Waals surface area contributed by atoms with Gasteiger partial charge in [0.1, 0.15) is 17.3 Å². The molecule has 1 aromatic carbocycles. The summed E-state index contributed by atoms with van der Waals surface area (Å²) in [6, 6.07) is 5.81. The third kappa shape index (κ3) is 4.07. The molecule has 0 spiro atoms. The van der Waals surface area contributed by atoms with Gasteiger partial charge in [0.05, 0.1) is 14.2 Å². The van der Waals surface area contributed by atoms with E-state index in [2.05, 4.69) is 10.6 Å². The summed E-state index contributed by atoms with van der Waals surface area (Å²) in [4.78, 5) is 0. The summed E-state index contributed by atoms with van der Waals surface area (Å²) < 4.78 is 10.5. The minimum absolute atomic E-state index is 0.695. The molecule has 0 radical (unpaired) electrons. The van der Waals surface area contributed by atoms with Crippen LogP contribution in [0.25, 0.3) is 0 Å². The molecule has 0 unspecified atom stereocenters. The van der Waals surface area contributed by atoms with Crippen LogP contribution in [0.15, 0.2) is 29.4 Å². The summed E-state index contributed by atoms with van der Waals surface area (Å²) in [5.41, 5.74) is 1.08. The minimum Gasteiger partial charge on any atom is -0.497 e. The molecule has 0 saturated carbocycles. The minimum atomic E-state index is 0.695. The van der Waals surface area contributed by atoms with E-state index >= 15 is 0 Å². The van der Waals surface area contributed by atoms with Gasteiger partial charge in [0, 0.05) is 30.6 Å². The first kappa shape index (κ1) is 14.6. The average molecular weight is 268 g/mol. The summed E-state index contributed by atoms with van der Waals surface area (Å²) in [5.74, 6) is 2.60. The van der Waals surface area contributed by atoms with E-state index in [1.54, 1.807) is 26.0 Å². The summed E-state index contributed by atoms with van der Waals surface area (Å²) in [6.07, 6.45) is 2.02. The summed E-state index contributed by atoms with van der Waals surface area (Å²) in [6.45, 7) is 0.695. The molecule has 0 aliphatic rings. The van der Waals surface area contributed by atoms with Gasteiger partial charge in [-0.05, 0) is 18.4 Å². The van der Waals surface area contributed by atoms with Crippen molar-refractivity contribution in [2.75, 3.05) is 27.5 Å². The van der Waals surface area contributed by atoms with Crippen LogP contribution < -0.4 is 20.1 Å². The van der Waals surface area contributed by atoms with Crippen LogP contribution in [-0.2, 0) is 6.54 Å². The molecule has 1 aromatic rings. The molecular formula is C13H20N2O2S. The number of benzene rings is 1. The zero-order valence-corrected chi connectivity index (χ0v) is 12.1. The zero-order valence-electron chi connectivity index (χ0n) is 11.2. The lowest BCUT2D eigenvalue weighted by atomic mass is 10.2. The fourth-order valence-corrected chi connectivity index (χ4v) is 1.93. The van der Waals surface area contributed by atoms with Crippen molar-refractivity contribution in [1.82, 2.24) is 10.6 Å². The monoisotopic (exact) mass is 268 g/mol. The predicted octanol–water partition coefficient (Wildman–Crippen LogP) is 2.17. The quantitative estimate of drug-likeness (QED) is 0.793. The second-order valence-electron chi connectivity index (χ2n) is 3.55. The molecule has 0 atom stereocenters. The van der Waals surface area contributed by atoms with E-state index < -0.39 is 0 Å². The van der Waals surface area contributed by atoms with Gasteiger partial charge in [0.25, 0.3) is 0 Å². The van der Waals surface area contributed by atoms with Crippen LogP contribution in [-0.4, -0.2) is 27.5 Å². The highest BCUT2D eigenvalue weighted by molar-refractivity contribution is 8.01. The van der Waals surface area contributed by atoms with Crippen molar-refractivity contribution in [3.63, 3.8) is 0 Å². The van der Waals surface area contributed by atoms with Crippen LogP contribution >= 0.6 is 11.8 Å². The van der Waals surface area contributed by atoms with Crippen molar-refractivity contribution in [3.05, 3.63) is 35.0 Å². The van der Waals surface area contributed by atoms with Gasteiger partial charge in [-0.2, -0.15) is 0 Å². The number of nitrogens with one attached hydrogen (secondary N) is 2. The SMILES string of the molecule is CN/C(=C\SC)NCc1ccc(OC)cc1OC. The Balaban J connectivity index is 2.75. The number of rotatable bonds is 7. The van der Waals surface area contributed by atoms with Crippen LogP contribution in [0, 0.1) is 0 Å². The second kappa shape index (κ2) is 7.76. The Bertz CT molecular complexity index is 408. The van der Waals surface area contributed by atoms with Gasteiger partial charge in [-0.3, -0.25) is 0 Å². The van der Waals surface area contributed by atoms with Crippen LogP contribution in [0.4, 0.5) is 0 Å². The molecule has 0 heterocycles. The average Bonchev–Trinajstić information content (AvgIpc) is 2.43. The molecule has 2 N–H and O–H groups in total. The van der Waals surface area contributed by atoms with Gasteiger partial charge in [0.2, 0.25) is 0 Å². The molecule has 0 bridgehead atoms. The fourth-order valence-electron chi connectivity index (χ4n) is 1.50. The Morgan fingerprint density at radius 2 is 2.11 bits per heavy atom. The standard InChI is InChI=1S/C13H20N2O2S/c1-14-13(9-18-4)15-8-10-5-6-11(16-2)7-12(10)17-3/h5-7,9,14-15H,8H2,1-4H3/b13-9+. The van der Waals surface area contributed by atoms with Gasteiger partial charge in [-0.1, -0.05) is 0 Å². The Morgan fingerprint density at radius 1 is 1.33 bits per heavy atom. The van der Waals surface area contributed by atoms with Crippen molar-refractivity contribution in [1.29, 1.82) is 0 Å². The summed E-state index contributed by atoms with van der Waals surface area (Å²) in [5, 5.41) is 8.43. The van der Waals surface area contributed by atoms with E-state index in [-0.39, 0.29) is 0 Å². The van der Waals surface area contributed by atoms with Crippen molar-refractivity contribution < 1.29 is 9.47 Å². The first-order chi connectivity index (χ1) is 8.74. The third-order valence-corrected chi connectivity index (χ3v) is 2.94. The molecule has 0 saturated heterocycles. The fraction of sp³-hybridized carbons (Fsp3) is 0.385. The van der Waals surface area contributed by atoms with E-state index in [0.29, 0.717) is 6.54 Å². The number of hydrogen-bond acceptors (Lipinski definition) is 5. The van der Waals surface area contributed by atoms with E-state index in [1.807, 2.05) is 36.9 Å². The third-order valence-electron chi connectivity index (χ3n) is 2.47. The Hall–Kier alpha value is -1.49. The number of ether oxygens (including phenoxy) is 2. The van der Waals surface area contributed by atoms with Gasteiger partial charge < -0.3 is 20.1 Å². The topological polar surface area (TPSA) is 42.5 Å². The van der Waals surface area contributed by atoms with E-state index in [4.69, 9.17) is 9.47 Å². The maximum atomic E-state index is 5.35. The number of methoxy groups -OCH3 is 2. The molecule has 0 aliphatic carbocycles. The molecular weight excluding hydrogens is 248 g/mol. The lowest BCUT2D eigenvalue weighted by molar-refractivity contribution is 0.390. The van der Waals surface area contributed by atoms with Crippen LogP contribution in [0.1, 0.15) is 5.56 Å². The molecule has 18 heavy (non-hydrogen) atoms. The van der Waals surface area contributed by atoms with Gasteiger partial charge >= 0.3 is 0 Å². The molecule has 5 heteroatoms. The highest BCUT2D eigenvalue weighted by Gasteiger charge is 2.05. The van der Waals surface area contributed by atoms with Crippen LogP contribution in [0.3, 0.4) is 0 Å². The lowest BCUT2D eigenvalue weighted by Crippen LogP contribution is -2.22. The van der Waals surface area contributed by atoms with Crippen molar-refractivity contribution in [2.45, 2.75) is 6.54 Å². The maximum Gasteiger partial charge on any atom is 0.127 e. The molecule has 100 valence electrons. The molecule has 4 nitrogen and oxygen atoms in total. The largest absolute Gasteiger partial charge is 0.497 e. The first-order valence-corrected chi connectivity index (χ1v) is 6.89. The van der Waals surface area contributed by atoms with Gasteiger partial charge in [-0.25, -0.2) is 0 Å². The Labute approximate surface area is 113 Å². The molecule has 0 fully saturated rings. The highest BCUT2D eigenvalue weighted by atomic mass is 32.2. The summed E-state index contributed by atoms with van der Waals surface area (Å²) >= 11 is 1.65.